The number of benzene rings is 2. The average Bonchev–Trinajstić information content (AvgIpc) is 3.10. The van der Waals surface area contributed by atoms with Crippen molar-refractivity contribution in [1.29, 1.82) is 0 Å². The first-order valence-electron chi connectivity index (χ1n) is 9.86. The Morgan fingerprint density at radius 3 is 2.38 bits per heavy atom. The van der Waals surface area contributed by atoms with Crippen LogP contribution in [0.15, 0.2) is 30.3 Å². The summed E-state index contributed by atoms with van der Waals surface area (Å²) in [6.45, 7) is 9.72. The van der Waals surface area contributed by atoms with Crippen LogP contribution in [0.4, 0.5) is 5.69 Å². The van der Waals surface area contributed by atoms with Crippen molar-refractivity contribution in [3.8, 4) is 5.75 Å². The molecule has 0 spiro atoms. The largest absolute Gasteiger partial charge is 0.488 e. The van der Waals surface area contributed by atoms with Crippen molar-refractivity contribution in [3.63, 3.8) is 0 Å². The molecule has 2 aliphatic rings. The third-order valence-corrected chi connectivity index (χ3v) is 6.47. The number of nitrogens with two attached hydrogens (primary N) is 1. The lowest BCUT2D eigenvalue weighted by Gasteiger charge is -2.33. The van der Waals surface area contributed by atoms with Crippen molar-refractivity contribution in [2.75, 3.05) is 25.4 Å². The third kappa shape index (κ3) is 3.09. The molecule has 2 aliphatic heterocycles. The molecule has 4 rings (SSSR count). The van der Waals surface area contributed by atoms with Crippen LogP contribution in [0.5, 0.6) is 5.75 Å². The first kappa shape index (κ1) is 17.4. The van der Waals surface area contributed by atoms with Gasteiger partial charge in [-0.3, -0.25) is 4.90 Å². The van der Waals surface area contributed by atoms with E-state index in [0.717, 1.165) is 37.5 Å². The van der Waals surface area contributed by atoms with E-state index >= 15 is 0 Å². The summed E-state index contributed by atoms with van der Waals surface area (Å²) in [5.74, 6) is 1.81. The Morgan fingerprint density at radius 1 is 1.00 bits per heavy atom. The molecule has 138 valence electrons. The van der Waals surface area contributed by atoms with Crippen LogP contribution >= 0.6 is 0 Å². The van der Waals surface area contributed by atoms with Gasteiger partial charge in [0.2, 0.25) is 0 Å². The van der Waals surface area contributed by atoms with Gasteiger partial charge < -0.3 is 10.5 Å². The molecule has 0 amide bonds. The van der Waals surface area contributed by atoms with Crippen LogP contribution in [-0.4, -0.2) is 30.6 Å². The van der Waals surface area contributed by atoms with Crippen LogP contribution < -0.4 is 10.5 Å². The molecule has 2 heterocycles. The molecule has 26 heavy (non-hydrogen) atoms. The Bertz CT molecular complexity index is 755. The van der Waals surface area contributed by atoms with E-state index in [4.69, 9.17) is 10.5 Å². The number of piperidine rings is 1. The lowest BCUT2D eigenvalue weighted by atomic mass is 9.89. The molecule has 0 saturated carbocycles. The van der Waals surface area contributed by atoms with E-state index in [1.165, 1.54) is 40.7 Å². The SMILES string of the molecule is Cc1c(C)c2c(c(C)c1N)C[C@@H](CN1CCC(c3ccccc3)CC1)O2. The fraction of sp³-hybridized carbons (Fsp3) is 0.478. The van der Waals surface area contributed by atoms with Gasteiger partial charge in [0.05, 0.1) is 0 Å². The first-order valence-corrected chi connectivity index (χ1v) is 9.86. The molecule has 2 aromatic rings. The van der Waals surface area contributed by atoms with Gasteiger partial charge in [-0.1, -0.05) is 30.3 Å². The highest BCUT2D eigenvalue weighted by Crippen LogP contribution is 2.40. The summed E-state index contributed by atoms with van der Waals surface area (Å²) in [6, 6.07) is 11.0. The maximum Gasteiger partial charge on any atom is 0.126 e. The van der Waals surface area contributed by atoms with E-state index in [0.29, 0.717) is 5.92 Å². The number of hydrogen-bond donors (Lipinski definition) is 1. The highest BCUT2D eigenvalue weighted by Gasteiger charge is 2.31. The normalized spacial score (nSPS) is 20.8. The molecule has 0 radical (unpaired) electrons. The lowest BCUT2D eigenvalue weighted by Crippen LogP contribution is -2.39. The molecule has 0 unspecified atom stereocenters. The van der Waals surface area contributed by atoms with E-state index < -0.39 is 0 Å². The van der Waals surface area contributed by atoms with Gasteiger partial charge in [-0.25, -0.2) is 0 Å². The van der Waals surface area contributed by atoms with E-state index in [-0.39, 0.29) is 6.10 Å². The van der Waals surface area contributed by atoms with Crippen LogP contribution in [0.2, 0.25) is 0 Å². The molecule has 1 fully saturated rings. The maximum absolute atomic E-state index is 6.37. The molecule has 3 nitrogen and oxygen atoms in total. The van der Waals surface area contributed by atoms with Crippen LogP contribution in [0, 0.1) is 20.8 Å². The van der Waals surface area contributed by atoms with Crippen LogP contribution in [0.1, 0.15) is 46.6 Å². The van der Waals surface area contributed by atoms with Crippen LogP contribution in [-0.2, 0) is 6.42 Å². The molecule has 1 atom stereocenters. The number of fused-ring (bicyclic) bond motifs is 1. The second-order valence-electron chi connectivity index (χ2n) is 8.03. The molecule has 0 aliphatic carbocycles. The summed E-state index contributed by atoms with van der Waals surface area (Å²) in [7, 11) is 0. The van der Waals surface area contributed by atoms with Gasteiger partial charge in [0.15, 0.2) is 0 Å². The summed E-state index contributed by atoms with van der Waals surface area (Å²) in [4.78, 5) is 2.58. The van der Waals surface area contributed by atoms with Gasteiger partial charge in [-0.2, -0.15) is 0 Å². The second-order valence-corrected chi connectivity index (χ2v) is 8.03. The van der Waals surface area contributed by atoms with Gasteiger partial charge in [-0.15, -0.1) is 0 Å². The number of rotatable bonds is 3. The van der Waals surface area contributed by atoms with Crippen molar-refractivity contribution in [2.45, 2.75) is 52.1 Å². The topological polar surface area (TPSA) is 38.5 Å². The van der Waals surface area contributed by atoms with Crippen LogP contribution in [0.25, 0.3) is 0 Å². The lowest BCUT2D eigenvalue weighted by molar-refractivity contribution is 0.128. The van der Waals surface area contributed by atoms with Gasteiger partial charge in [-0.05, 0) is 74.9 Å². The molecule has 1 saturated heterocycles. The molecule has 3 heteroatoms. The summed E-state index contributed by atoms with van der Waals surface area (Å²) in [6.07, 6.45) is 3.74. The van der Waals surface area contributed by atoms with E-state index in [1.54, 1.807) is 0 Å². The smallest absolute Gasteiger partial charge is 0.126 e. The highest BCUT2D eigenvalue weighted by molar-refractivity contribution is 5.66. The monoisotopic (exact) mass is 350 g/mol. The van der Waals surface area contributed by atoms with Crippen molar-refractivity contribution in [1.82, 2.24) is 4.90 Å². The van der Waals surface area contributed by atoms with Crippen molar-refractivity contribution in [3.05, 3.63) is 58.1 Å². The number of nitrogen functional groups attached to an aromatic ring is 1. The van der Waals surface area contributed by atoms with E-state index in [9.17, 15) is 0 Å². The van der Waals surface area contributed by atoms with E-state index in [1.807, 2.05) is 0 Å². The van der Waals surface area contributed by atoms with Gasteiger partial charge in [0.1, 0.15) is 11.9 Å². The number of likely N-dealkylation sites (tertiary alicyclic amines) is 1. The molecule has 2 aromatic carbocycles. The highest BCUT2D eigenvalue weighted by atomic mass is 16.5. The maximum atomic E-state index is 6.37. The minimum Gasteiger partial charge on any atom is -0.488 e. The standard InChI is InChI=1S/C23H30N2O/c1-15-16(2)23-21(17(3)22(15)24)13-20(26-23)14-25-11-9-19(10-12-25)18-7-5-4-6-8-18/h4-8,19-20H,9-14,24H2,1-3H3/t20-/m0/s1. The predicted octanol–water partition coefficient (Wildman–Crippen LogP) is 4.38. The Morgan fingerprint density at radius 2 is 1.69 bits per heavy atom. The minimum absolute atomic E-state index is 0.261. The van der Waals surface area contributed by atoms with Crippen molar-refractivity contribution in [2.24, 2.45) is 0 Å². The average molecular weight is 351 g/mol. The first-order chi connectivity index (χ1) is 12.5. The van der Waals surface area contributed by atoms with E-state index in [2.05, 4.69) is 56.0 Å². The Balaban J connectivity index is 1.38. The predicted molar refractivity (Wildman–Crippen MR) is 108 cm³/mol. The van der Waals surface area contributed by atoms with Crippen LogP contribution in [0.3, 0.4) is 0 Å². The number of hydrogen-bond acceptors (Lipinski definition) is 3. The van der Waals surface area contributed by atoms with Crippen molar-refractivity contribution >= 4 is 5.69 Å². The third-order valence-electron chi connectivity index (χ3n) is 6.47. The number of anilines is 1. The van der Waals surface area contributed by atoms with Gasteiger partial charge in [0.25, 0.3) is 0 Å². The minimum atomic E-state index is 0.261. The quantitative estimate of drug-likeness (QED) is 0.835. The Kier molecular flexibility index (Phi) is 4.66. The zero-order valence-corrected chi connectivity index (χ0v) is 16.2. The number of nitrogens with zero attached hydrogens (tertiary/aromatic N) is 1. The second kappa shape index (κ2) is 6.96. The molecule has 0 bridgehead atoms. The Hall–Kier alpha value is -2.00. The zero-order valence-electron chi connectivity index (χ0n) is 16.2. The van der Waals surface area contributed by atoms with Gasteiger partial charge >= 0.3 is 0 Å². The molecule has 0 aromatic heterocycles. The number of ether oxygens (including phenoxy) is 1. The van der Waals surface area contributed by atoms with Crippen molar-refractivity contribution < 1.29 is 4.74 Å². The Labute approximate surface area is 157 Å². The summed E-state index contributed by atoms with van der Waals surface area (Å²) < 4.78 is 6.37. The summed E-state index contributed by atoms with van der Waals surface area (Å²) in [5, 5.41) is 0. The zero-order chi connectivity index (χ0) is 18.3. The fourth-order valence-electron chi connectivity index (χ4n) is 4.62. The molecular formula is C23H30N2O. The summed E-state index contributed by atoms with van der Waals surface area (Å²) >= 11 is 0. The van der Waals surface area contributed by atoms with Gasteiger partial charge in [0, 0.05) is 24.2 Å². The summed E-state index contributed by atoms with van der Waals surface area (Å²) in [5.41, 5.74) is 13.7. The molecule has 2 N–H and O–H groups in total. The fourth-order valence-corrected chi connectivity index (χ4v) is 4.62. The molecular weight excluding hydrogens is 320 g/mol.